The summed E-state index contributed by atoms with van der Waals surface area (Å²) in [7, 11) is 0. The Morgan fingerprint density at radius 2 is 1.83 bits per heavy atom. The van der Waals surface area contributed by atoms with Crippen LogP contribution in [0.15, 0.2) is 24.3 Å². The number of piperidine rings is 1. The van der Waals surface area contributed by atoms with Gasteiger partial charge in [0, 0.05) is 24.5 Å². The molecule has 2 fully saturated rings. The van der Waals surface area contributed by atoms with Crippen LogP contribution in [0, 0.1) is 0 Å². The fourth-order valence-corrected chi connectivity index (χ4v) is 4.00. The number of carbonyl (C=O) groups excluding carboxylic acids is 1. The van der Waals surface area contributed by atoms with Crippen molar-refractivity contribution >= 4 is 17.5 Å². The Hall–Kier alpha value is -1.10. The minimum Gasteiger partial charge on any atom is -0.387 e. The lowest BCUT2D eigenvalue weighted by molar-refractivity contribution is -0.139. The number of benzene rings is 1. The van der Waals surface area contributed by atoms with E-state index >= 15 is 0 Å². The molecule has 1 aromatic carbocycles. The molecule has 0 radical (unpaired) electrons. The number of hydrogen-bond donors (Lipinski definition) is 1. The van der Waals surface area contributed by atoms with Crippen molar-refractivity contribution in [1.82, 2.24) is 9.80 Å². The highest BCUT2D eigenvalue weighted by Gasteiger charge is 2.36. The van der Waals surface area contributed by atoms with Gasteiger partial charge in [-0.25, -0.2) is 0 Å². The third-order valence-corrected chi connectivity index (χ3v) is 5.42. The van der Waals surface area contributed by atoms with Crippen molar-refractivity contribution in [3.8, 4) is 0 Å². The molecule has 4 nitrogen and oxygen atoms in total. The maximum atomic E-state index is 12.5. The first-order valence-electron chi connectivity index (χ1n) is 9.01. The standard InChI is InChI=1S/C19H27ClN2O2/c20-17-7-4-16(5-8-17)6-9-18(23)22-13-3-10-19(24,15-22)14-21-11-1-2-12-21/h4-5,7-8,24H,1-3,6,9-15H2/t19-/m0/s1. The first-order chi connectivity index (χ1) is 11.5. The molecule has 0 bridgehead atoms. The van der Waals surface area contributed by atoms with Gasteiger partial charge in [0.25, 0.3) is 0 Å². The first-order valence-corrected chi connectivity index (χ1v) is 9.39. The van der Waals surface area contributed by atoms with E-state index in [1.54, 1.807) is 0 Å². The van der Waals surface area contributed by atoms with Crippen LogP contribution < -0.4 is 0 Å². The molecule has 1 N–H and O–H groups in total. The molecule has 1 atom stereocenters. The fraction of sp³-hybridized carbons (Fsp3) is 0.632. The normalized spacial score (nSPS) is 25.2. The van der Waals surface area contributed by atoms with E-state index in [9.17, 15) is 9.90 Å². The van der Waals surface area contributed by atoms with Crippen LogP contribution in [-0.4, -0.2) is 59.1 Å². The molecule has 0 aromatic heterocycles. The van der Waals surface area contributed by atoms with Crippen LogP contribution >= 0.6 is 11.6 Å². The van der Waals surface area contributed by atoms with Crippen molar-refractivity contribution in [3.63, 3.8) is 0 Å². The SMILES string of the molecule is O=C(CCc1ccc(Cl)cc1)N1CCC[C@](O)(CN2CCCC2)C1. The molecule has 1 aromatic rings. The maximum absolute atomic E-state index is 12.5. The minimum absolute atomic E-state index is 0.143. The highest BCUT2D eigenvalue weighted by molar-refractivity contribution is 6.30. The zero-order valence-electron chi connectivity index (χ0n) is 14.2. The Kier molecular flexibility index (Phi) is 5.80. The zero-order valence-corrected chi connectivity index (χ0v) is 15.0. The molecule has 2 heterocycles. The first kappa shape index (κ1) is 17.7. The van der Waals surface area contributed by atoms with E-state index in [-0.39, 0.29) is 5.91 Å². The lowest BCUT2D eigenvalue weighted by atomic mass is 9.92. The Balaban J connectivity index is 1.51. The molecule has 3 rings (SSSR count). The van der Waals surface area contributed by atoms with E-state index in [0.717, 1.165) is 44.5 Å². The molecule has 0 saturated carbocycles. The number of likely N-dealkylation sites (tertiary alicyclic amines) is 2. The van der Waals surface area contributed by atoms with Crippen LogP contribution in [0.4, 0.5) is 0 Å². The largest absolute Gasteiger partial charge is 0.387 e. The smallest absolute Gasteiger partial charge is 0.223 e. The Morgan fingerprint density at radius 3 is 2.54 bits per heavy atom. The van der Waals surface area contributed by atoms with Crippen LogP contribution in [0.1, 0.15) is 37.7 Å². The number of carbonyl (C=O) groups is 1. The summed E-state index contributed by atoms with van der Waals surface area (Å²) < 4.78 is 0. The molecular formula is C19H27ClN2O2. The molecule has 1 amide bonds. The van der Waals surface area contributed by atoms with Gasteiger partial charge in [0.2, 0.25) is 5.91 Å². The van der Waals surface area contributed by atoms with Crippen molar-refractivity contribution in [1.29, 1.82) is 0 Å². The van der Waals surface area contributed by atoms with Gasteiger partial charge in [0.15, 0.2) is 0 Å². The lowest BCUT2D eigenvalue weighted by Crippen LogP contribution is -2.55. The Morgan fingerprint density at radius 1 is 1.12 bits per heavy atom. The summed E-state index contributed by atoms with van der Waals surface area (Å²) >= 11 is 5.89. The van der Waals surface area contributed by atoms with Crippen LogP contribution in [0.3, 0.4) is 0 Å². The van der Waals surface area contributed by atoms with Crippen LogP contribution in [0.5, 0.6) is 0 Å². The molecule has 5 heteroatoms. The Labute approximate surface area is 149 Å². The zero-order chi connectivity index (χ0) is 17.0. The predicted molar refractivity (Wildman–Crippen MR) is 96.2 cm³/mol. The minimum atomic E-state index is -0.738. The van der Waals surface area contributed by atoms with E-state index in [4.69, 9.17) is 11.6 Å². The number of hydrogen-bond acceptors (Lipinski definition) is 3. The number of amides is 1. The highest BCUT2D eigenvalue weighted by atomic mass is 35.5. The molecule has 2 aliphatic rings. The summed E-state index contributed by atoms with van der Waals surface area (Å²) in [5.41, 5.74) is 0.385. The van der Waals surface area contributed by atoms with Gasteiger partial charge in [-0.2, -0.15) is 0 Å². The van der Waals surface area contributed by atoms with Crippen molar-refractivity contribution in [3.05, 3.63) is 34.9 Å². The van der Waals surface area contributed by atoms with Gasteiger partial charge in [0.05, 0.1) is 12.1 Å². The average Bonchev–Trinajstić information content (AvgIpc) is 3.06. The second-order valence-corrected chi connectivity index (χ2v) is 7.69. The van der Waals surface area contributed by atoms with Crippen molar-refractivity contribution in [2.75, 3.05) is 32.7 Å². The number of β-amino-alcohol motifs (C(OH)–C–C–N with tert-alkyl or cyclic N) is 1. The van der Waals surface area contributed by atoms with Gasteiger partial charge >= 0.3 is 0 Å². The summed E-state index contributed by atoms with van der Waals surface area (Å²) in [6, 6.07) is 7.65. The van der Waals surface area contributed by atoms with Gasteiger partial charge < -0.3 is 14.9 Å². The summed E-state index contributed by atoms with van der Waals surface area (Å²) in [6.07, 6.45) is 5.33. The Bertz CT molecular complexity index is 557. The van der Waals surface area contributed by atoms with Crippen molar-refractivity contribution in [2.45, 2.75) is 44.1 Å². The number of rotatable bonds is 5. The summed E-state index contributed by atoms with van der Waals surface area (Å²) in [5.74, 6) is 0.143. The van der Waals surface area contributed by atoms with Gasteiger partial charge in [-0.3, -0.25) is 4.79 Å². The monoisotopic (exact) mass is 350 g/mol. The lowest BCUT2D eigenvalue weighted by Gasteiger charge is -2.41. The third-order valence-electron chi connectivity index (χ3n) is 5.17. The van der Waals surface area contributed by atoms with Gasteiger partial charge in [0.1, 0.15) is 0 Å². The molecular weight excluding hydrogens is 324 g/mol. The number of aryl methyl sites for hydroxylation is 1. The summed E-state index contributed by atoms with van der Waals surface area (Å²) in [6.45, 7) is 4.10. The summed E-state index contributed by atoms with van der Waals surface area (Å²) in [5, 5.41) is 11.6. The van der Waals surface area contributed by atoms with Crippen LogP contribution in [0.2, 0.25) is 5.02 Å². The van der Waals surface area contributed by atoms with Gasteiger partial charge in [-0.15, -0.1) is 0 Å². The van der Waals surface area contributed by atoms with Crippen molar-refractivity contribution < 1.29 is 9.90 Å². The van der Waals surface area contributed by atoms with E-state index in [1.807, 2.05) is 29.2 Å². The van der Waals surface area contributed by atoms with Gasteiger partial charge in [-0.05, 0) is 62.9 Å². The second kappa shape index (κ2) is 7.85. The fourth-order valence-electron chi connectivity index (χ4n) is 3.87. The van der Waals surface area contributed by atoms with Crippen molar-refractivity contribution in [2.24, 2.45) is 0 Å². The molecule has 132 valence electrons. The molecule has 0 spiro atoms. The average molecular weight is 351 g/mol. The van der Waals surface area contributed by atoms with E-state index in [2.05, 4.69) is 4.90 Å². The van der Waals surface area contributed by atoms with E-state index in [1.165, 1.54) is 12.8 Å². The highest BCUT2D eigenvalue weighted by Crippen LogP contribution is 2.25. The second-order valence-electron chi connectivity index (χ2n) is 7.25. The van der Waals surface area contributed by atoms with Crippen LogP contribution in [-0.2, 0) is 11.2 Å². The maximum Gasteiger partial charge on any atom is 0.223 e. The number of nitrogens with zero attached hydrogens (tertiary/aromatic N) is 2. The van der Waals surface area contributed by atoms with E-state index < -0.39 is 5.60 Å². The molecule has 0 aliphatic carbocycles. The summed E-state index contributed by atoms with van der Waals surface area (Å²) in [4.78, 5) is 16.7. The number of halogens is 1. The quantitative estimate of drug-likeness (QED) is 0.888. The predicted octanol–water partition coefficient (Wildman–Crippen LogP) is 2.72. The van der Waals surface area contributed by atoms with Crippen LogP contribution in [0.25, 0.3) is 0 Å². The molecule has 0 unspecified atom stereocenters. The molecule has 2 aliphatic heterocycles. The number of aliphatic hydroxyl groups is 1. The topological polar surface area (TPSA) is 43.8 Å². The van der Waals surface area contributed by atoms with E-state index in [0.29, 0.717) is 24.5 Å². The molecule has 2 saturated heterocycles. The van der Waals surface area contributed by atoms with Gasteiger partial charge in [-0.1, -0.05) is 23.7 Å². The third kappa shape index (κ3) is 4.71. The molecule has 24 heavy (non-hydrogen) atoms.